The van der Waals surface area contributed by atoms with Crippen LogP contribution in [0.5, 0.6) is 0 Å². The average Bonchev–Trinajstić information content (AvgIpc) is 3.45. The lowest BCUT2D eigenvalue weighted by Gasteiger charge is -2.30. The molecule has 0 unspecified atom stereocenters. The molecule has 0 spiro atoms. The van der Waals surface area contributed by atoms with Crippen molar-refractivity contribution >= 4 is 45.4 Å². The first-order chi connectivity index (χ1) is 16.7. The van der Waals surface area contributed by atoms with Gasteiger partial charge in [0.2, 0.25) is 5.13 Å². The lowest BCUT2D eigenvalue weighted by Crippen LogP contribution is -2.40. The van der Waals surface area contributed by atoms with Gasteiger partial charge in [-0.2, -0.15) is 4.99 Å². The molecule has 2 fully saturated rings. The molecule has 0 N–H and O–H groups in total. The number of carbonyl (C=O) groups is 1. The molecule has 3 aromatic rings. The van der Waals surface area contributed by atoms with E-state index in [4.69, 9.17) is 9.98 Å². The van der Waals surface area contributed by atoms with E-state index in [1.54, 1.807) is 0 Å². The van der Waals surface area contributed by atoms with E-state index < -0.39 is 0 Å². The van der Waals surface area contributed by atoms with Crippen molar-refractivity contribution in [1.29, 1.82) is 0 Å². The molecule has 1 saturated heterocycles. The van der Waals surface area contributed by atoms with Gasteiger partial charge in [0.25, 0.3) is 5.91 Å². The van der Waals surface area contributed by atoms with Crippen LogP contribution in [0.2, 0.25) is 0 Å². The van der Waals surface area contributed by atoms with Gasteiger partial charge in [0.15, 0.2) is 5.17 Å². The number of amidine groups is 1. The Hall–Kier alpha value is -2.96. The van der Waals surface area contributed by atoms with Gasteiger partial charge in [0.1, 0.15) is 0 Å². The fraction of sp³-hybridized carbons (Fsp3) is 0.250. The normalized spacial score (nSPS) is 20.0. The van der Waals surface area contributed by atoms with E-state index in [1.165, 1.54) is 29.5 Å². The first-order valence-electron chi connectivity index (χ1n) is 11.7. The zero-order valence-electron chi connectivity index (χ0n) is 19.2. The minimum absolute atomic E-state index is 0.0660. The third-order valence-electron chi connectivity index (χ3n) is 6.08. The van der Waals surface area contributed by atoms with Crippen LogP contribution in [-0.4, -0.2) is 27.0 Å². The van der Waals surface area contributed by atoms with Crippen molar-refractivity contribution in [3.05, 3.63) is 88.2 Å². The summed E-state index contributed by atoms with van der Waals surface area (Å²) in [5.74, 6) is 0.0660. The first kappa shape index (κ1) is 22.8. The highest BCUT2D eigenvalue weighted by Gasteiger charge is 2.38. The third kappa shape index (κ3) is 5.24. The maximum Gasteiger partial charge on any atom is 0.266 e. The molecule has 0 atom stereocenters. The quantitative estimate of drug-likeness (QED) is 0.348. The van der Waals surface area contributed by atoms with Crippen LogP contribution in [0.4, 0.5) is 5.13 Å². The topological polar surface area (TPSA) is 45.6 Å². The highest BCUT2D eigenvalue weighted by atomic mass is 32.2. The van der Waals surface area contributed by atoms with Crippen LogP contribution in [0.1, 0.15) is 44.6 Å². The van der Waals surface area contributed by atoms with Gasteiger partial charge in [0, 0.05) is 17.0 Å². The van der Waals surface area contributed by atoms with Gasteiger partial charge in [-0.1, -0.05) is 86.0 Å². The van der Waals surface area contributed by atoms with Crippen LogP contribution >= 0.6 is 23.1 Å². The number of rotatable bonds is 5. The lowest BCUT2D eigenvalue weighted by atomic mass is 9.94. The number of carbonyl (C=O) groups excluding carboxylic acids is 1. The van der Waals surface area contributed by atoms with Crippen molar-refractivity contribution in [2.24, 2.45) is 4.99 Å². The Morgan fingerprint density at radius 3 is 2.47 bits per heavy atom. The number of aliphatic imine (C=N–C) groups is 1. The number of thioether (sulfide) groups is 1. The zero-order valence-corrected chi connectivity index (χ0v) is 20.8. The van der Waals surface area contributed by atoms with E-state index in [2.05, 4.69) is 30.3 Å². The van der Waals surface area contributed by atoms with Gasteiger partial charge in [-0.05, 0) is 48.7 Å². The Morgan fingerprint density at radius 2 is 1.74 bits per heavy atom. The fourth-order valence-electron chi connectivity index (χ4n) is 4.43. The average molecular weight is 486 g/mol. The number of amides is 1. The molecule has 172 valence electrons. The summed E-state index contributed by atoms with van der Waals surface area (Å²) in [7, 11) is 0. The molecule has 2 aromatic carbocycles. The molecule has 1 aliphatic heterocycles. The second-order valence-electron chi connectivity index (χ2n) is 8.65. The SMILES string of the molecule is CC(/C=C1\S/C(=N/c2nc(-c3ccccc3)cs2)N(C2CCCCC2)C1=O)=C\c1ccccc1. The first-order valence-corrected chi connectivity index (χ1v) is 13.4. The number of benzene rings is 2. The number of hydrogen-bond acceptors (Lipinski definition) is 5. The molecule has 4 nitrogen and oxygen atoms in total. The second kappa shape index (κ2) is 10.5. The molecular formula is C28H27N3OS2. The molecule has 1 aromatic heterocycles. The van der Waals surface area contributed by atoms with Crippen molar-refractivity contribution in [2.75, 3.05) is 0 Å². The molecule has 34 heavy (non-hydrogen) atoms. The third-order valence-corrected chi connectivity index (χ3v) is 7.80. The summed E-state index contributed by atoms with van der Waals surface area (Å²) in [6.07, 6.45) is 9.73. The molecule has 6 heteroatoms. The van der Waals surface area contributed by atoms with Crippen LogP contribution in [0.25, 0.3) is 17.3 Å². The molecule has 0 bridgehead atoms. The van der Waals surface area contributed by atoms with E-state index in [-0.39, 0.29) is 11.9 Å². The van der Waals surface area contributed by atoms with Gasteiger partial charge in [0.05, 0.1) is 10.6 Å². The molecule has 2 heterocycles. The van der Waals surface area contributed by atoms with E-state index in [0.717, 1.165) is 58.2 Å². The van der Waals surface area contributed by atoms with Crippen LogP contribution in [0.3, 0.4) is 0 Å². The number of hydrogen-bond donors (Lipinski definition) is 0. The van der Waals surface area contributed by atoms with Crippen molar-refractivity contribution in [1.82, 2.24) is 9.88 Å². The zero-order chi connectivity index (χ0) is 23.3. The highest BCUT2D eigenvalue weighted by Crippen LogP contribution is 2.39. The van der Waals surface area contributed by atoms with Gasteiger partial charge in [-0.25, -0.2) is 4.98 Å². The number of aromatic nitrogens is 1. The number of thiazole rings is 1. The predicted octanol–water partition coefficient (Wildman–Crippen LogP) is 7.69. The van der Waals surface area contributed by atoms with Crippen LogP contribution < -0.4 is 0 Å². The summed E-state index contributed by atoms with van der Waals surface area (Å²) in [6, 6.07) is 20.5. The molecular weight excluding hydrogens is 458 g/mol. The van der Waals surface area contributed by atoms with Gasteiger partial charge >= 0.3 is 0 Å². The van der Waals surface area contributed by atoms with Crippen molar-refractivity contribution in [2.45, 2.75) is 45.1 Å². The second-order valence-corrected chi connectivity index (χ2v) is 10.5. The van der Waals surface area contributed by atoms with Crippen LogP contribution in [0.15, 0.2) is 87.6 Å². The minimum atomic E-state index is 0.0660. The standard InChI is InChI=1S/C28H27N3OS2/c1-20(17-21-11-5-2-6-12-21)18-25-26(32)31(23-15-9-4-10-16-23)28(34-25)30-27-29-24(19-33-27)22-13-7-3-8-14-22/h2-3,5-8,11-14,17-19,23H,4,9-10,15-16H2,1H3/b20-17+,25-18-,30-28+. The Balaban J connectivity index is 1.45. The van der Waals surface area contributed by atoms with Crippen LogP contribution in [-0.2, 0) is 4.79 Å². The Morgan fingerprint density at radius 1 is 1.03 bits per heavy atom. The minimum Gasteiger partial charge on any atom is -0.283 e. The lowest BCUT2D eigenvalue weighted by molar-refractivity contribution is -0.124. The van der Waals surface area contributed by atoms with Crippen molar-refractivity contribution in [3.8, 4) is 11.3 Å². The smallest absolute Gasteiger partial charge is 0.266 e. The summed E-state index contributed by atoms with van der Waals surface area (Å²) < 4.78 is 0. The van der Waals surface area contributed by atoms with E-state index in [0.29, 0.717) is 5.13 Å². The van der Waals surface area contributed by atoms with E-state index >= 15 is 0 Å². The Bertz CT molecular complexity index is 1240. The van der Waals surface area contributed by atoms with E-state index in [9.17, 15) is 4.79 Å². The number of allylic oxidation sites excluding steroid dienone is 2. The van der Waals surface area contributed by atoms with Crippen LogP contribution in [0, 0.1) is 0 Å². The molecule has 0 radical (unpaired) electrons. The molecule has 2 aliphatic rings. The van der Waals surface area contributed by atoms with Crippen molar-refractivity contribution < 1.29 is 4.79 Å². The van der Waals surface area contributed by atoms with Gasteiger partial charge in [-0.15, -0.1) is 11.3 Å². The highest BCUT2D eigenvalue weighted by molar-refractivity contribution is 8.18. The Kier molecular flexibility index (Phi) is 7.07. The molecule has 1 aliphatic carbocycles. The van der Waals surface area contributed by atoms with E-state index in [1.807, 2.05) is 59.7 Å². The summed E-state index contributed by atoms with van der Waals surface area (Å²) in [4.78, 5) is 25.8. The summed E-state index contributed by atoms with van der Waals surface area (Å²) in [5, 5.41) is 3.47. The maximum atomic E-state index is 13.5. The molecule has 1 amide bonds. The van der Waals surface area contributed by atoms with Crippen molar-refractivity contribution in [3.63, 3.8) is 0 Å². The predicted molar refractivity (Wildman–Crippen MR) is 144 cm³/mol. The fourth-order valence-corrected chi connectivity index (χ4v) is 6.27. The van der Waals surface area contributed by atoms with Gasteiger partial charge in [-0.3, -0.25) is 9.69 Å². The number of nitrogens with zero attached hydrogens (tertiary/aromatic N) is 3. The largest absolute Gasteiger partial charge is 0.283 e. The summed E-state index contributed by atoms with van der Waals surface area (Å²) in [6.45, 7) is 2.04. The van der Waals surface area contributed by atoms with Gasteiger partial charge < -0.3 is 0 Å². The summed E-state index contributed by atoms with van der Waals surface area (Å²) >= 11 is 2.99. The maximum absolute atomic E-state index is 13.5. The molecule has 1 saturated carbocycles. The Labute approximate surface area is 209 Å². The monoisotopic (exact) mass is 485 g/mol. The summed E-state index contributed by atoms with van der Waals surface area (Å²) in [5.41, 5.74) is 4.17. The molecule has 5 rings (SSSR count).